The van der Waals surface area contributed by atoms with Gasteiger partial charge in [-0.25, -0.2) is 4.98 Å². The van der Waals surface area contributed by atoms with Crippen LogP contribution < -0.4 is 0 Å². The number of thioether (sulfide) groups is 1. The third-order valence-corrected chi connectivity index (χ3v) is 3.15. The Labute approximate surface area is 96.6 Å². The molecule has 0 bridgehead atoms. The van der Waals surface area contributed by atoms with Gasteiger partial charge in [-0.05, 0) is 12.5 Å². The zero-order chi connectivity index (χ0) is 11.1. The lowest BCUT2D eigenvalue weighted by atomic mass is 10.3. The first-order chi connectivity index (χ1) is 7.22. The number of aldehydes is 1. The van der Waals surface area contributed by atoms with E-state index in [9.17, 15) is 9.59 Å². The monoisotopic (exact) mass is 241 g/mol. The van der Waals surface area contributed by atoms with Crippen LogP contribution in [-0.4, -0.2) is 22.1 Å². The molecule has 3 nitrogen and oxygen atoms in total. The second kappa shape index (κ2) is 6.53. The Kier molecular flexibility index (Phi) is 5.28. The zero-order valence-corrected chi connectivity index (χ0v) is 9.94. The number of rotatable bonds is 5. The van der Waals surface area contributed by atoms with Crippen molar-refractivity contribution in [1.29, 1.82) is 0 Å². The molecule has 0 aliphatic heterocycles. The Morgan fingerprint density at radius 2 is 2.47 bits per heavy atom. The molecule has 0 radical (unpaired) electrons. The average molecular weight is 241 g/mol. The van der Waals surface area contributed by atoms with Gasteiger partial charge in [-0.15, -0.1) is 11.3 Å². The van der Waals surface area contributed by atoms with Crippen molar-refractivity contribution in [3.05, 3.63) is 22.2 Å². The van der Waals surface area contributed by atoms with Crippen molar-refractivity contribution in [3.63, 3.8) is 0 Å². The Morgan fingerprint density at radius 3 is 3.07 bits per heavy atom. The fourth-order valence-corrected chi connectivity index (χ4v) is 2.03. The molecule has 15 heavy (non-hydrogen) atoms. The van der Waals surface area contributed by atoms with Crippen LogP contribution in [0.1, 0.15) is 28.8 Å². The first kappa shape index (κ1) is 12.1. The van der Waals surface area contributed by atoms with E-state index in [2.05, 4.69) is 4.98 Å². The second-order valence-electron chi connectivity index (χ2n) is 2.76. The molecule has 0 aliphatic carbocycles. The summed E-state index contributed by atoms with van der Waals surface area (Å²) in [6, 6.07) is 0. The molecule has 0 N–H and O–H groups in total. The maximum Gasteiger partial charge on any atom is 0.185 e. The van der Waals surface area contributed by atoms with Crippen LogP contribution in [0.2, 0.25) is 0 Å². The van der Waals surface area contributed by atoms with E-state index in [0.29, 0.717) is 5.01 Å². The van der Waals surface area contributed by atoms with Gasteiger partial charge in [0.05, 0.1) is 5.69 Å². The number of hydrogen-bond donors (Lipinski definition) is 0. The maximum atomic E-state index is 10.6. The first-order valence-electron chi connectivity index (χ1n) is 4.43. The minimum absolute atomic E-state index is 0.139. The van der Waals surface area contributed by atoms with Gasteiger partial charge >= 0.3 is 0 Å². The molecule has 0 unspecified atom stereocenters. The highest BCUT2D eigenvalue weighted by atomic mass is 32.2. The van der Waals surface area contributed by atoms with Crippen molar-refractivity contribution in [3.8, 4) is 0 Å². The molecule has 1 aromatic rings. The van der Waals surface area contributed by atoms with E-state index in [0.717, 1.165) is 24.2 Å². The van der Waals surface area contributed by atoms with Gasteiger partial charge in [-0.3, -0.25) is 9.59 Å². The van der Waals surface area contributed by atoms with E-state index in [-0.39, 0.29) is 5.12 Å². The summed E-state index contributed by atoms with van der Waals surface area (Å²) in [7, 11) is 0. The molecule has 1 rings (SSSR count). The number of aromatic nitrogens is 1. The summed E-state index contributed by atoms with van der Waals surface area (Å²) in [4.78, 5) is 25.0. The Hall–Kier alpha value is -0.940. The number of allylic oxidation sites excluding steroid dienone is 1. The Balaban J connectivity index is 2.31. The fraction of sp³-hybridized carbons (Fsp3) is 0.300. The molecule has 0 fully saturated rings. The first-order valence-corrected chi connectivity index (χ1v) is 6.29. The van der Waals surface area contributed by atoms with Crippen molar-refractivity contribution >= 4 is 40.6 Å². The summed E-state index contributed by atoms with van der Waals surface area (Å²) in [5.74, 6) is 0.788. The van der Waals surface area contributed by atoms with Gasteiger partial charge in [0.15, 0.2) is 16.4 Å². The second-order valence-corrected chi connectivity index (χ2v) is 4.92. The van der Waals surface area contributed by atoms with Crippen LogP contribution in [0.15, 0.2) is 11.5 Å². The number of carbonyl (C=O) groups excluding carboxylic acids is 2. The molecule has 0 amide bonds. The summed E-state index contributed by atoms with van der Waals surface area (Å²) in [5.41, 5.74) is 0.801. The van der Waals surface area contributed by atoms with Gasteiger partial charge in [-0.1, -0.05) is 17.8 Å². The molecule has 5 heteroatoms. The number of hydrogen-bond acceptors (Lipinski definition) is 5. The van der Waals surface area contributed by atoms with Gasteiger partial charge < -0.3 is 0 Å². The number of nitrogens with zero attached hydrogens (tertiary/aromatic N) is 1. The average Bonchev–Trinajstić information content (AvgIpc) is 2.65. The highest BCUT2D eigenvalue weighted by Crippen LogP contribution is 2.10. The molecule has 0 aromatic carbocycles. The Morgan fingerprint density at radius 1 is 1.67 bits per heavy atom. The van der Waals surface area contributed by atoms with Crippen molar-refractivity contribution in [1.82, 2.24) is 4.98 Å². The minimum atomic E-state index is 0.139. The zero-order valence-electron chi connectivity index (χ0n) is 8.30. The van der Waals surface area contributed by atoms with Gasteiger partial charge in [0.25, 0.3) is 0 Å². The van der Waals surface area contributed by atoms with Gasteiger partial charge in [0.1, 0.15) is 0 Å². The fourth-order valence-electron chi connectivity index (χ4n) is 0.906. The van der Waals surface area contributed by atoms with E-state index in [1.165, 1.54) is 23.1 Å². The molecule has 0 saturated carbocycles. The summed E-state index contributed by atoms with van der Waals surface area (Å²) < 4.78 is 0. The predicted molar refractivity (Wildman–Crippen MR) is 64.3 cm³/mol. The van der Waals surface area contributed by atoms with Crippen molar-refractivity contribution in [2.75, 3.05) is 5.75 Å². The maximum absolute atomic E-state index is 10.6. The van der Waals surface area contributed by atoms with Crippen LogP contribution >= 0.6 is 23.1 Å². The van der Waals surface area contributed by atoms with Crippen molar-refractivity contribution < 1.29 is 9.59 Å². The van der Waals surface area contributed by atoms with E-state index < -0.39 is 0 Å². The lowest BCUT2D eigenvalue weighted by Gasteiger charge is -1.90. The van der Waals surface area contributed by atoms with E-state index >= 15 is 0 Å². The molecule has 0 atom stereocenters. The summed E-state index contributed by atoms with van der Waals surface area (Å²) in [6.45, 7) is 1.56. The van der Waals surface area contributed by atoms with Gasteiger partial charge in [-0.2, -0.15) is 0 Å². The van der Waals surface area contributed by atoms with E-state index in [1.807, 2.05) is 17.5 Å². The quantitative estimate of drug-likeness (QED) is 0.587. The number of thiazole rings is 1. The third-order valence-electron chi connectivity index (χ3n) is 1.52. The van der Waals surface area contributed by atoms with Crippen molar-refractivity contribution in [2.45, 2.75) is 13.3 Å². The summed E-state index contributed by atoms with van der Waals surface area (Å²) in [6.07, 6.45) is 5.40. The molecule has 1 heterocycles. The highest BCUT2D eigenvalue weighted by molar-refractivity contribution is 8.13. The highest BCUT2D eigenvalue weighted by Gasteiger charge is 1.96. The Bertz CT molecular complexity index is 371. The topological polar surface area (TPSA) is 47.0 Å². The third kappa shape index (κ3) is 4.90. The minimum Gasteiger partial charge on any atom is -0.295 e. The van der Waals surface area contributed by atoms with E-state index in [4.69, 9.17) is 0 Å². The smallest absolute Gasteiger partial charge is 0.185 e. The molecular weight excluding hydrogens is 230 g/mol. The molecule has 1 aromatic heterocycles. The van der Waals surface area contributed by atoms with Crippen LogP contribution in [0.5, 0.6) is 0 Å². The van der Waals surface area contributed by atoms with Gasteiger partial charge in [0, 0.05) is 18.1 Å². The van der Waals surface area contributed by atoms with Crippen LogP contribution in [0, 0.1) is 0 Å². The van der Waals surface area contributed by atoms with E-state index in [1.54, 1.807) is 6.92 Å². The summed E-state index contributed by atoms with van der Waals surface area (Å²) in [5, 5.41) is 2.46. The molecule has 0 saturated heterocycles. The standard InChI is InChI=1S/C10H11NO2S2/c1-8(13)14-5-3-2-4-9-7-15-10(6-12)11-9/h2,4,6-7H,3,5H2,1H3. The lowest BCUT2D eigenvalue weighted by Crippen LogP contribution is -1.83. The number of carbonyl (C=O) groups is 2. The van der Waals surface area contributed by atoms with Crippen LogP contribution in [0.25, 0.3) is 6.08 Å². The van der Waals surface area contributed by atoms with Crippen LogP contribution in [0.3, 0.4) is 0 Å². The van der Waals surface area contributed by atoms with Crippen LogP contribution in [-0.2, 0) is 4.79 Å². The molecule has 80 valence electrons. The SMILES string of the molecule is CC(=O)SCCC=Cc1csc(C=O)n1. The normalized spacial score (nSPS) is 10.7. The van der Waals surface area contributed by atoms with Crippen molar-refractivity contribution in [2.24, 2.45) is 0 Å². The predicted octanol–water partition coefficient (Wildman–Crippen LogP) is 2.64. The lowest BCUT2D eigenvalue weighted by molar-refractivity contribution is -0.109. The summed E-state index contributed by atoms with van der Waals surface area (Å²) >= 11 is 2.64. The van der Waals surface area contributed by atoms with Gasteiger partial charge in [0.2, 0.25) is 0 Å². The molecule has 0 aliphatic rings. The molecular formula is C10H11NO2S2. The van der Waals surface area contributed by atoms with Crippen LogP contribution in [0.4, 0.5) is 0 Å². The largest absolute Gasteiger partial charge is 0.295 e. The molecule has 0 spiro atoms.